The van der Waals surface area contributed by atoms with E-state index in [-0.39, 0.29) is 17.9 Å². The summed E-state index contributed by atoms with van der Waals surface area (Å²) in [6.07, 6.45) is 0. The standard InChI is InChI=1S/C25H23NO5S/c1-15-7-4-5-9-18(15)22-21(23(27)19-11-10-16(30-2)13-20(19)31-3)24(28)25(29)26(22)14-17-8-6-12-32-17/h4-13,22,27H,14H2,1-3H3/b23-21+. The lowest BCUT2D eigenvalue weighted by Gasteiger charge is -2.26. The van der Waals surface area contributed by atoms with E-state index in [4.69, 9.17) is 9.47 Å². The van der Waals surface area contributed by atoms with E-state index in [2.05, 4.69) is 0 Å². The Morgan fingerprint density at radius 2 is 1.84 bits per heavy atom. The van der Waals surface area contributed by atoms with Crippen molar-refractivity contribution in [1.82, 2.24) is 4.90 Å². The van der Waals surface area contributed by atoms with E-state index >= 15 is 0 Å². The molecular weight excluding hydrogens is 426 g/mol. The Kier molecular flexibility index (Phi) is 6.01. The first-order chi connectivity index (χ1) is 15.5. The summed E-state index contributed by atoms with van der Waals surface area (Å²) >= 11 is 1.51. The third-order valence-electron chi connectivity index (χ3n) is 5.59. The van der Waals surface area contributed by atoms with Gasteiger partial charge in [-0.1, -0.05) is 30.3 Å². The summed E-state index contributed by atoms with van der Waals surface area (Å²) in [5.41, 5.74) is 2.07. The van der Waals surface area contributed by atoms with Crippen LogP contribution in [0.25, 0.3) is 5.76 Å². The highest BCUT2D eigenvalue weighted by Gasteiger charge is 2.46. The number of hydrogen-bond donors (Lipinski definition) is 1. The van der Waals surface area contributed by atoms with Crippen LogP contribution < -0.4 is 9.47 Å². The molecule has 0 radical (unpaired) electrons. The summed E-state index contributed by atoms with van der Waals surface area (Å²) < 4.78 is 10.7. The Bertz CT molecular complexity index is 1200. The first-order valence-corrected chi connectivity index (χ1v) is 10.9. The molecule has 1 fully saturated rings. The van der Waals surface area contributed by atoms with E-state index in [9.17, 15) is 14.7 Å². The molecule has 1 N–H and O–H groups in total. The summed E-state index contributed by atoms with van der Waals surface area (Å²) in [4.78, 5) is 28.8. The largest absolute Gasteiger partial charge is 0.507 e. The maximum atomic E-state index is 13.2. The molecule has 1 aliphatic heterocycles. The quantitative estimate of drug-likeness (QED) is 0.336. The second-order valence-corrected chi connectivity index (χ2v) is 8.46. The molecule has 1 saturated heterocycles. The molecule has 0 bridgehead atoms. The molecule has 6 nitrogen and oxygen atoms in total. The van der Waals surface area contributed by atoms with E-state index in [1.807, 2.05) is 48.7 Å². The molecule has 2 heterocycles. The second-order valence-electron chi connectivity index (χ2n) is 7.43. The van der Waals surface area contributed by atoms with Crippen molar-refractivity contribution in [2.45, 2.75) is 19.5 Å². The van der Waals surface area contributed by atoms with Gasteiger partial charge in [-0.05, 0) is 41.6 Å². The normalized spacial score (nSPS) is 17.6. The third-order valence-corrected chi connectivity index (χ3v) is 6.45. The number of amides is 1. The van der Waals surface area contributed by atoms with E-state index in [0.717, 1.165) is 16.0 Å². The molecule has 1 amide bonds. The number of methoxy groups -OCH3 is 2. The van der Waals surface area contributed by atoms with E-state index in [0.29, 0.717) is 17.1 Å². The van der Waals surface area contributed by atoms with E-state index < -0.39 is 17.7 Å². The molecule has 32 heavy (non-hydrogen) atoms. The molecule has 4 rings (SSSR count). The van der Waals surface area contributed by atoms with Crippen molar-refractivity contribution in [1.29, 1.82) is 0 Å². The van der Waals surface area contributed by atoms with Crippen molar-refractivity contribution in [3.05, 3.63) is 87.1 Å². The van der Waals surface area contributed by atoms with Crippen LogP contribution in [0.5, 0.6) is 11.5 Å². The number of hydrogen-bond acceptors (Lipinski definition) is 6. The Labute approximate surface area is 190 Å². The number of carbonyl (C=O) groups excluding carboxylic acids is 2. The van der Waals surface area contributed by atoms with Gasteiger partial charge in [-0.15, -0.1) is 11.3 Å². The Balaban J connectivity index is 1.91. The van der Waals surface area contributed by atoms with Crippen LogP contribution in [0, 0.1) is 6.92 Å². The maximum Gasteiger partial charge on any atom is 0.295 e. The monoisotopic (exact) mass is 449 g/mol. The maximum absolute atomic E-state index is 13.2. The van der Waals surface area contributed by atoms with Crippen molar-refractivity contribution >= 4 is 28.8 Å². The first-order valence-electron chi connectivity index (χ1n) is 10.0. The molecule has 0 aliphatic carbocycles. The van der Waals surface area contributed by atoms with Gasteiger partial charge in [-0.25, -0.2) is 0 Å². The Hall–Kier alpha value is -3.58. The van der Waals surface area contributed by atoms with Gasteiger partial charge < -0.3 is 19.5 Å². The number of rotatable bonds is 6. The summed E-state index contributed by atoms with van der Waals surface area (Å²) in [7, 11) is 3.00. The molecule has 2 aromatic carbocycles. The van der Waals surface area contributed by atoms with Gasteiger partial charge in [-0.3, -0.25) is 9.59 Å². The van der Waals surface area contributed by atoms with Gasteiger partial charge in [0.05, 0.1) is 37.9 Å². The summed E-state index contributed by atoms with van der Waals surface area (Å²) in [5.74, 6) is -0.738. The van der Waals surface area contributed by atoms with Crippen LogP contribution in [0.3, 0.4) is 0 Å². The zero-order valence-electron chi connectivity index (χ0n) is 18.0. The smallest absolute Gasteiger partial charge is 0.295 e. The van der Waals surface area contributed by atoms with Crippen molar-refractivity contribution in [3.8, 4) is 11.5 Å². The molecule has 3 aromatic rings. The van der Waals surface area contributed by atoms with Crippen molar-refractivity contribution in [2.75, 3.05) is 14.2 Å². The Morgan fingerprint density at radius 1 is 1.06 bits per heavy atom. The number of ether oxygens (including phenoxy) is 2. The van der Waals surface area contributed by atoms with Gasteiger partial charge >= 0.3 is 0 Å². The minimum atomic E-state index is -0.717. The highest BCUT2D eigenvalue weighted by atomic mass is 32.1. The molecule has 1 aromatic heterocycles. The highest BCUT2D eigenvalue weighted by molar-refractivity contribution is 7.09. The molecule has 0 spiro atoms. The van der Waals surface area contributed by atoms with Gasteiger partial charge in [0.1, 0.15) is 17.3 Å². The predicted octanol–water partition coefficient (Wildman–Crippen LogP) is 4.70. The third kappa shape index (κ3) is 3.76. The topological polar surface area (TPSA) is 76.1 Å². The number of thiophene rings is 1. The highest BCUT2D eigenvalue weighted by Crippen LogP contribution is 2.43. The minimum absolute atomic E-state index is 0.0457. The molecular formula is C25H23NO5S. The molecule has 1 atom stereocenters. The lowest BCUT2D eigenvalue weighted by Crippen LogP contribution is -2.29. The van der Waals surface area contributed by atoms with Crippen LogP contribution in [0.4, 0.5) is 0 Å². The van der Waals surface area contributed by atoms with Crippen LogP contribution in [-0.2, 0) is 16.1 Å². The van der Waals surface area contributed by atoms with Gasteiger partial charge in [-0.2, -0.15) is 0 Å². The molecule has 1 aliphatic rings. The lowest BCUT2D eigenvalue weighted by molar-refractivity contribution is -0.140. The SMILES string of the molecule is COc1ccc(/C(O)=C2\C(=O)C(=O)N(Cc3cccs3)C2c2ccccc2C)c(OC)c1. The van der Waals surface area contributed by atoms with Crippen LogP contribution >= 0.6 is 11.3 Å². The van der Waals surface area contributed by atoms with Gasteiger partial charge in [0, 0.05) is 10.9 Å². The number of nitrogens with zero attached hydrogens (tertiary/aromatic N) is 1. The molecule has 0 saturated carbocycles. The number of carbonyl (C=O) groups is 2. The number of aryl methyl sites for hydroxylation is 1. The van der Waals surface area contributed by atoms with Crippen molar-refractivity contribution in [2.24, 2.45) is 0 Å². The average molecular weight is 450 g/mol. The fourth-order valence-electron chi connectivity index (χ4n) is 3.97. The molecule has 1 unspecified atom stereocenters. The van der Waals surface area contributed by atoms with Crippen LogP contribution in [-0.4, -0.2) is 35.9 Å². The number of aliphatic hydroxyl groups is 1. The van der Waals surface area contributed by atoms with Crippen LogP contribution in [0.2, 0.25) is 0 Å². The summed E-state index contributed by atoms with van der Waals surface area (Å²) in [6, 6.07) is 15.6. The van der Waals surface area contributed by atoms with Crippen LogP contribution in [0.15, 0.2) is 65.6 Å². The van der Waals surface area contributed by atoms with Crippen molar-refractivity contribution in [3.63, 3.8) is 0 Å². The first kappa shape index (κ1) is 21.6. The zero-order chi connectivity index (χ0) is 22.8. The molecule has 164 valence electrons. The number of aliphatic hydroxyl groups excluding tert-OH is 1. The van der Waals surface area contributed by atoms with E-state index in [1.54, 1.807) is 18.2 Å². The van der Waals surface area contributed by atoms with Gasteiger partial charge in [0.15, 0.2) is 0 Å². The van der Waals surface area contributed by atoms with E-state index in [1.165, 1.54) is 30.5 Å². The number of benzene rings is 2. The lowest BCUT2D eigenvalue weighted by atomic mass is 9.92. The number of Topliss-reactive ketones (excluding diaryl/α,β-unsaturated/α-hetero) is 1. The number of ketones is 1. The number of likely N-dealkylation sites (tertiary alicyclic amines) is 1. The van der Waals surface area contributed by atoms with Crippen molar-refractivity contribution < 1.29 is 24.2 Å². The Morgan fingerprint density at radius 3 is 2.50 bits per heavy atom. The second kappa shape index (κ2) is 8.88. The zero-order valence-corrected chi connectivity index (χ0v) is 18.8. The fraction of sp³-hybridized carbons (Fsp3) is 0.200. The summed E-state index contributed by atoms with van der Waals surface area (Å²) in [5, 5.41) is 13.2. The van der Waals surface area contributed by atoms with Crippen LogP contribution in [0.1, 0.15) is 27.6 Å². The molecule has 7 heteroatoms. The minimum Gasteiger partial charge on any atom is -0.507 e. The predicted molar refractivity (Wildman–Crippen MR) is 123 cm³/mol. The van der Waals surface area contributed by atoms with Gasteiger partial charge in [0.2, 0.25) is 0 Å². The fourth-order valence-corrected chi connectivity index (χ4v) is 4.67. The summed E-state index contributed by atoms with van der Waals surface area (Å²) in [6.45, 7) is 2.20. The van der Waals surface area contributed by atoms with Gasteiger partial charge in [0.25, 0.3) is 11.7 Å². The average Bonchev–Trinajstić information content (AvgIpc) is 3.41.